The highest BCUT2D eigenvalue weighted by Gasteiger charge is 1.97. The first-order valence-corrected chi connectivity index (χ1v) is 4.42. The maximum absolute atomic E-state index is 9.90. The molecule has 3 nitrogen and oxygen atoms in total. The van der Waals surface area contributed by atoms with Gasteiger partial charge in [-0.15, -0.1) is 0 Å². The molecule has 0 rings (SSSR count). The molecule has 0 aliphatic carbocycles. The van der Waals surface area contributed by atoms with Crippen LogP contribution in [0.25, 0.3) is 0 Å². The van der Waals surface area contributed by atoms with Crippen molar-refractivity contribution in [3.05, 3.63) is 0 Å². The van der Waals surface area contributed by atoms with Crippen molar-refractivity contribution >= 4 is 5.97 Å². The largest absolute Gasteiger partial charge is 0.481 e. The number of carboxylic acid groups (broad SMARTS) is 1. The van der Waals surface area contributed by atoms with Crippen LogP contribution in [0.2, 0.25) is 0 Å². The van der Waals surface area contributed by atoms with Crippen molar-refractivity contribution in [1.82, 2.24) is 0 Å². The molecule has 0 spiro atoms. The Labute approximate surface area is 76.0 Å². The normalized spacial score (nSPS) is 7.58. The Bertz CT molecular complexity index is 82.6. The molecule has 0 heterocycles. The van der Waals surface area contributed by atoms with Crippen LogP contribution in [0, 0.1) is 5.92 Å². The zero-order valence-corrected chi connectivity index (χ0v) is 8.92. The van der Waals surface area contributed by atoms with Gasteiger partial charge in [-0.3, -0.25) is 4.79 Å². The monoisotopic (exact) mass is 177 g/mol. The Balaban J connectivity index is -0.000000175. The highest BCUT2D eigenvalue weighted by atomic mass is 16.4. The Kier molecular flexibility index (Phi) is 24.5. The summed E-state index contributed by atoms with van der Waals surface area (Å²) in [5.74, 6) is -0.190. The molecular weight excluding hydrogens is 154 g/mol. The van der Waals surface area contributed by atoms with Gasteiger partial charge in [-0.05, 0) is 19.4 Å². The maximum Gasteiger partial charge on any atom is 0.303 e. The van der Waals surface area contributed by atoms with Crippen molar-refractivity contribution in [3.63, 3.8) is 0 Å². The second kappa shape index (κ2) is 16.8. The minimum absolute atomic E-state index is 0.303. The van der Waals surface area contributed by atoms with E-state index in [9.17, 15) is 4.79 Å². The Hall–Kier alpha value is -0.570. The molecule has 0 bridgehead atoms. The fourth-order valence-electron chi connectivity index (χ4n) is 0.412. The fourth-order valence-corrected chi connectivity index (χ4v) is 0.412. The molecule has 3 N–H and O–H groups in total. The summed E-state index contributed by atoms with van der Waals surface area (Å²) in [4.78, 5) is 9.90. The number of carboxylic acids is 1. The van der Waals surface area contributed by atoms with Crippen LogP contribution in [0.1, 0.15) is 40.5 Å². The maximum atomic E-state index is 9.90. The molecule has 0 amide bonds. The molecule has 76 valence electrons. The Morgan fingerprint density at radius 1 is 1.33 bits per heavy atom. The van der Waals surface area contributed by atoms with E-state index < -0.39 is 5.97 Å². The van der Waals surface area contributed by atoms with Gasteiger partial charge in [0.25, 0.3) is 0 Å². The Morgan fingerprint density at radius 3 is 1.75 bits per heavy atom. The van der Waals surface area contributed by atoms with Crippen LogP contribution in [0.3, 0.4) is 0 Å². The van der Waals surface area contributed by atoms with Gasteiger partial charge < -0.3 is 10.8 Å². The van der Waals surface area contributed by atoms with Crippen molar-refractivity contribution < 1.29 is 9.90 Å². The van der Waals surface area contributed by atoms with Gasteiger partial charge >= 0.3 is 5.97 Å². The van der Waals surface area contributed by atoms with Crippen LogP contribution in [0.15, 0.2) is 0 Å². The summed E-state index contributed by atoms with van der Waals surface area (Å²) in [5.41, 5.74) is 4.50. The number of rotatable bonds is 3. The summed E-state index contributed by atoms with van der Waals surface area (Å²) in [6, 6.07) is 0. The lowest BCUT2D eigenvalue weighted by Crippen LogP contribution is -1.97. The number of hydrogen-bond acceptors (Lipinski definition) is 2. The van der Waals surface area contributed by atoms with Crippen molar-refractivity contribution in [2.45, 2.75) is 40.5 Å². The van der Waals surface area contributed by atoms with E-state index in [2.05, 4.69) is 5.73 Å². The predicted octanol–water partition coefficient (Wildman–Crippen LogP) is 2.11. The molecule has 0 atom stereocenters. The van der Waals surface area contributed by atoms with Crippen LogP contribution in [0.4, 0.5) is 0 Å². The number of hydrogen-bond donors (Lipinski definition) is 2. The quantitative estimate of drug-likeness (QED) is 0.694. The van der Waals surface area contributed by atoms with E-state index in [1.165, 1.54) is 7.05 Å². The molecular formula is C9H23NO2. The lowest BCUT2D eigenvalue weighted by atomic mass is 10.1. The summed E-state index contributed by atoms with van der Waals surface area (Å²) in [5, 5.41) is 8.16. The zero-order chi connectivity index (χ0) is 10.6. The first kappa shape index (κ1) is 17.5. The van der Waals surface area contributed by atoms with Gasteiger partial charge in [0.15, 0.2) is 0 Å². The molecule has 0 radical (unpaired) electrons. The summed E-state index contributed by atoms with van der Waals surface area (Å²) < 4.78 is 0. The molecule has 0 aromatic rings. The minimum atomic E-state index is -0.696. The van der Waals surface area contributed by atoms with Crippen molar-refractivity contribution in [2.75, 3.05) is 7.05 Å². The summed E-state index contributed by atoms with van der Waals surface area (Å²) in [7, 11) is 1.50. The molecule has 0 aliphatic heterocycles. The Morgan fingerprint density at radius 2 is 1.67 bits per heavy atom. The van der Waals surface area contributed by atoms with Gasteiger partial charge in [0.2, 0.25) is 0 Å². The van der Waals surface area contributed by atoms with Gasteiger partial charge in [-0.1, -0.05) is 27.7 Å². The van der Waals surface area contributed by atoms with Gasteiger partial charge in [-0.2, -0.15) is 0 Å². The van der Waals surface area contributed by atoms with E-state index in [1.54, 1.807) is 0 Å². The molecule has 0 fully saturated rings. The first-order valence-electron chi connectivity index (χ1n) is 4.42. The third kappa shape index (κ3) is 34.1. The topological polar surface area (TPSA) is 63.3 Å². The van der Waals surface area contributed by atoms with E-state index in [-0.39, 0.29) is 0 Å². The van der Waals surface area contributed by atoms with Gasteiger partial charge in [0, 0.05) is 6.42 Å². The van der Waals surface area contributed by atoms with Crippen molar-refractivity contribution in [1.29, 1.82) is 0 Å². The van der Waals surface area contributed by atoms with E-state index >= 15 is 0 Å². The second-order valence-corrected chi connectivity index (χ2v) is 2.33. The molecule has 0 saturated heterocycles. The average Bonchev–Trinajstić information content (AvgIpc) is 2.08. The summed E-state index contributed by atoms with van der Waals surface area (Å²) in [6.07, 6.45) is 1.09. The zero-order valence-electron chi connectivity index (χ0n) is 8.92. The van der Waals surface area contributed by atoms with Crippen LogP contribution >= 0.6 is 0 Å². The number of nitrogens with two attached hydrogens (primary N) is 1. The third-order valence-electron chi connectivity index (χ3n) is 0.936. The van der Waals surface area contributed by atoms with Crippen molar-refractivity contribution in [2.24, 2.45) is 11.7 Å². The summed E-state index contributed by atoms with van der Waals surface area (Å²) >= 11 is 0. The smallest absolute Gasteiger partial charge is 0.303 e. The highest BCUT2D eigenvalue weighted by Crippen LogP contribution is 2.01. The second-order valence-electron chi connectivity index (χ2n) is 2.33. The third-order valence-corrected chi connectivity index (χ3v) is 0.936. The van der Waals surface area contributed by atoms with E-state index in [0.717, 1.165) is 6.42 Å². The number of aliphatic carboxylic acids is 1. The summed E-state index contributed by atoms with van der Waals surface area (Å²) in [6.45, 7) is 8.03. The van der Waals surface area contributed by atoms with Crippen LogP contribution in [-0.4, -0.2) is 18.1 Å². The molecule has 3 heteroatoms. The molecule has 12 heavy (non-hydrogen) atoms. The van der Waals surface area contributed by atoms with Crippen LogP contribution < -0.4 is 5.73 Å². The SMILES string of the molecule is CC.CC(C)CCC(=O)O.CN. The van der Waals surface area contributed by atoms with Gasteiger partial charge in [0.05, 0.1) is 0 Å². The highest BCUT2D eigenvalue weighted by molar-refractivity contribution is 5.66. The van der Waals surface area contributed by atoms with E-state index in [4.69, 9.17) is 5.11 Å². The average molecular weight is 177 g/mol. The van der Waals surface area contributed by atoms with Crippen LogP contribution in [0.5, 0.6) is 0 Å². The minimum Gasteiger partial charge on any atom is -0.481 e. The van der Waals surface area contributed by atoms with Crippen LogP contribution in [-0.2, 0) is 4.79 Å². The van der Waals surface area contributed by atoms with Gasteiger partial charge in [0.1, 0.15) is 0 Å². The molecule has 0 saturated carbocycles. The predicted molar refractivity (Wildman–Crippen MR) is 53.2 cm³/mol. The fraction of sp³-hybridized carbons (Fsp3) is 0.889. The van der Waals surface area contributed by atoms with Crippen molar-refractivity contribution in [3.8, 4) is 0 Å². The lowest BCUT2D eigenvalue weighted by Gasteiger charge is -1.97. The van der Waals surface area contributed by atoms with E-state index in [0.29, 0.717) is 12.3 Å². The first-order chi connectivity index (χ1) is 5.63. The van der Waals surface area contributed by atoms with Gasteiger partial charge in [-0.25, -0.2) is 0 Å². The van der Waals surface area contributed by atoms with E-state index in [1.807, 2.05) is 27.7 Å². The standard InChI is InChI=1S/C6H12O2.C2H6.CH5N/c1-5(2)3-4-6(7)8;2*1-2/h5H,3-4H2,1-2H3,(H,7,8);1-2H3;2H2,1H3. The molecule has 0 aliphatic rings. The molecule has 0 aromatic heterocycles. The number of carbonyl (C=O) groups is 1. The molecule has 0 unspecified atom stereocenters. The molecule has 0 aromatic carbocycles. The lowest BCUT2D eigenvalue weighted by molar-refractivity contribution is -0.137.